The van der Waals surface area contributed by atoms with Gasteiger partial charge in [0.2, 0.25) is 0 Å². The highest BCUT2D eigenvalue weighted by atomic mass is 35.5. The predicted molar refractivity (Wildman–Crippen MR) is 148 cm³/mol. The number of primary amides is 1. The summed E-state index contributed by atoms with van der Waals surface area (Å²) in [4.78, 5) is 26.3. The summed E-state index contributed by atoms with van der Waals surface area (Å²) >= 11 is 6.07. The lowest BCUT2D eigenvalue weighted by atomic mass is 9.93. The lowest BCUT2D eigenvalue weighted by Crippen LogP contribution is -2.39. The molecule has 0 bridgehead atoms. The molecule has 0 aliphatic carbocycles. The molecule has 2 fully saturated rings. The van der Waals surface area contributed by atoms with Gasteiger partial charge in [0.15, 0.2) is 0 Å². The summed E-state index contributed by atoms with van der Waals surface area (Å²) in [5, 5.41) is 0.0951. The van der Waals surface area contributed by atoms with Crippen molar-refractivity contribution in [3.8, 4) is 11.3 Å². The Morgan fingerprint density at radius 1 is 1.18 bits per heavy atom. The van der Waals surface area contributed by atoms with Crippen LogP contribution >= 0.6 is 11.6 Å². The molecule has 1 aromatic heterocycles. The summed E-state index contributed by atoms with van der Waals surface area (Å²) in [7, 11) is 0. The van der Waals surface area contributed by atoms with E-state index in [-0.39, 0.29) is 16.8 Å². The van der Waals surface area contributed by atoms with E-state index >= 15 is 0 Å². The fourth-order valence-electron chi connectivity index (χ4n) is 5.47. The van der Waals surface area contributed by atoms with Crippen LogP contribution in [0.4, 0.5) is 4.39 Å². The standard InChI is InChI=1S/C28H35ClFN7O/c1-2-18-14-24(25(27(32)38)26(31)33-16-18)36-10-6-19(7-11-36)28-34-23(20-4-5-22(30)21(29)15-20)17-37(28)13-12-35-8-3-9-35/h4-5,15-17,19H,2-3,6-14H2,1H3,(H2,31,33)(H2,32,38). The number of likely N-dealkylation sites (tertiary alicyclic amines) is 2. The number of carbonyl (C=O) groups is 1. The highest BCUT2D eigenvalue weighted by Gasteiger charge is 2.30. The second kappa shape index (κ2) is 11.3. The normalized spacial score (nSPS) is 19.2. The molecule has 8 nitrogen and oxygen atoms in total. The van der Waals surface area contributed by atoms with Crippen molar-refractivity contribution in [1.29, 1.82) is 0 Å². The Kier molecular flexibility index (Phi) is 7.85. The van der Waals surface area contributed by atoms with Gasteiger partial charge in [0.05, 0.1) is 10.7 Å². The van der Waals surface area contributed by atoms with Gasteiger partial charge in [-0.05, 0) is 62.5 Å². The van der Waals surface area contributed by atoms with E-state index < -0.39 is 11.7 Å². The van der Waals surface area contributed by atoms with Gasteiger partial charge in [-0.15, -0.1) is 0 Å². The fourth-order valence-corrected chi connectivity index (χ4v) is 5.65. The van der Waals surface area contributed by atoms with E-state index in [2.05, 4.69) is 32.5 Å². The van der Waals surface area contributed by atoms with Gasteiger partial charge in [-0.1, -0.05) is 18.5 Å². The summed E-state index contributed by atoms with van der Waals surface area (Å²) in [6.07, 6.45) is 8.28. The highest BCUT2D eigenvalue weighted by molar-refractivity contribution is 6.31. The maximum absolute atomic E-state index is 13.8. The number of piperidine rings is 1. The molecule has 0 spiro atoms. The molecule has 0 radical (unpaired) electrons. The Bertz CT molecular complexity index is 1300. The van der Waals surface area contributed by atoms with Gasteiger partial charge < -0.3 is 25.8 Å². The van der Waals surface area contributed by atoms with Gasteiger partial charge in [0.25, 0.3) is 5.91 Å². The Hall–Kier alpha value is -3.17. The Morgan fingerprint density at radius 2 is 1.95 bits per heavy atom. The van der Waals surface area contributed by atoms with Crippen LogP contribution in [0.5, 0.6) is 0 Å². The number of amidine groups is 1. The van der Waals surface area contributed by atoms with Gasteiger partial charge in [0.1, 0.15) is 23.1 Å². The molecule has 38 heavy (non-hydrogen) atoms. The molecule has 0 unspecified atom stereocenters. The number of hydrogen-bond acceptors (Lipinski definition) is 6. The van der Waals surface area contributed by atoms with Gasteiger partial charge in [0, 0.05) is 62.2 Å². The van der Waals surface area contributed by atoms with Crippen molar-refractivity contribution in [2.75, 3.05) is 32.7 Å². The van der Waals surface area contributed by atoms with Crippen molar-refractivity contribution < 1.29 is 9.18 Å². The number of nitrogens with two attached hydrogens (primary N) is 2. The zero-order valence-corrected chi connectivity index (χ0v) is 22.6. The number of halogens is 2. The van der Waals surface area contributed by atoms with Crippen LogP contribution < -0.4 is 11.5 Å². The smallest absolute Gasteiger partial charge is 0.254 e. The number of aromatic nitrogens is 2. The average Bonchev–Trinajstić information content (AvgIpc) is 3.22. The first-order chi connectivity index (χ1) is 18.3. The Labute approximate surface area is 227 Å². The number of allylic oxidation sites excluding steroid dienone is 1. The van der Waals surface area contributed by atoms with E-state index in [1.54, 1.807) is 18.3 Å². The predicted octanol–water partition coefficient (Wildman–Crippen LogP) is 4.02. The van der Waals surface area contributed by atoms with E-state index in [0.29, 0.717) is 12.0 Å². The topological polar surface area (TPSA) is 106 Å². The minimum atomic E-state index is -0.543. The molecule has 3 aliphatic heterocycles. The third-order valence-electron chi connectivity index (χ3n) is 7.90. The molecule has 1 aromatic carbocycles. The summed E-state index contributed by atoms with van der Waals surface area (Å²) in [6.45, 7) is 7.71. The zero-order valence-electron chi connectivity index (χ0n) is 21.8. The molecular formula is C28H35ClFN7O. The SMILES string of the molecule is CCC1=CN=C(N)C(C(N)=O)=C(N2CCC(c3nc(-c4ccc(F)c(Cl)c4)cn3CCN3CCC3)CC2)C1. The molecule has 202 valence electrons. The Balaban J connectivity index is 1.38. The van der Waals surface area contributed by atoms with Gasteiger partial charge in [-0.2, -0.15) is 0 Å². The van der Waals surface area contributed by atoms with Crippen LogP contribution in [0.1, 0.15) is 50.8 Å². The lowest BCUT2D eigenvalue weighted by Gasteiger charge is -2.36. The largest absolute Gasteiger partial charge is 0.383 e. The molecule has 1 amide bonds. The van der Waals surface area contributed by atoms with E-state index in [1.165, 1.54) is 12.5 Å². The summed E-state index contributed by atoms with van der Waals surface area (Å²) in [6, 6.07) is 4.75. The number of amides is 1. The molecule has 4 N–H and O–H groups in total. The molecule has 2 saturated heterocycles. The summed E-state index contributed by atoms with van der Waals surface area (Å²) < 4.78 is 16.0. The van der Waals surface area contributed by atoms with Crippen LogP contribution in [0, 0.1) is 5.82 Å². The number of hydrogen-bond donors (Lipinski definition) is 2. The second-order valence-corrected chi connectivity index (χ2v) is 10.7. The number of rotatable bonds is 8. The molecule has 5 rings (SSSR count). The van der Waals surface area contributed by atoms with Crippen LogP contribution in [0.15, 0.2) is 52.4 Å². The van der Waals surface area contributed by atoms with Gasteiger partial charge in [-0.3, -0.25) is 4.79 Å². The number of imidazole rings is 1. The molecule has 0 saturated carbocycles. The van der Waals surface area contributed by atoms with Crippen LogP contribution in [-0.2, 0) is 11.3 Å². The molecule has 2 aromatic rings. The molecular weight excluding hydrogens is 505 g/mol. The molecule has 3 aliphatic rings. The fraction of sp³-hybridized carbons (Fsp3) is 0.464. The van der Waals surface area contributed by atoms with E-state index in [9.17, 15) is 9.18 Å². The van der Waals surface area contributed by atoms with Crippen molar-refractivity contribution in [3.05, 3.63) is 64.1 Å². The quantitative estimate of drug-likeness (QED) is 0.527. The van der Waals surface area contributed by atoms with Crippen molar-refractivity contribution in [2.45, 2.75) is 51.5 Å². The van der Waals surface area contributed by atoms with Crippen LogP contribution in [0.3, 0.4) is 0 Å². The average molecular weight is 540 g/mol. The van der Waals surface area contributed by atoms with Gasteiger partial charge in [-0.25, -0.2) is 14.4 Å². The number of benzene rings is 1. The van der Waals surface area contributed by atoms with Crippen molar-refractivity contribution in [1.82, 2.24) is 19.4 Å². The van der Waals surface area contributed by atoms with E-state index in [4.69, 9.17) is 28.1 Å². The minimum absolute atomic E-state index is 0.0951. The van der Waals surface area contributed by atoms with Crippen molar-refractivity contribution in [3.63, 3.8) is 0 Å². The van der Waals surface area contributed by atoms with Crippen LogP contribution in [-0.4, -0.2) is 63.8 Å². The van der Waals surface area contributed by atoms with E-state index in [1.807, 2.05) is 0 Å². The molecule has 10 heteroatoms. The highest BCUT2D eigenvalue weighted by Crippen LogP contribution is 2.34. The monoisotopic (exact) mass is 539 g/mol. The first kappa shape index (κ1) is 26.4. The maximum Gasteiger partial charge on any atom is 0.254 e. The first-order valence-electron chi connectivity index (χ1n) is 13.4. The number of nitrogens with zero attached hydrogens (tertiary/aromatic N) is 5. The third-order valence-corrected chi connectivity index (χ3v) is 8.19. The first-order valence-corrected chi connectivity index (χ1v) is 13.8. The minimum Gasteiger partial charge on any atom is -0.383 e. The lowest BCUT2D eigenvalue weighted by molar-refractivity contribution is -0.114. The summed E-state index contributed by atoms with van der Waals surface area (Å²) in [5.74, 6) is 0.499. The molecule has 0 atom stereocenters. The molecule has 4 heterocycles. The third kappa shape index (κ3) is 5.49. The van der Waals surface area contributed by atoms with E-state index in [0.717, 1.165) is 86.9 Å². The maximum atomic E-state index is 13.8. The van der Waals surface area contributed by atoms with Crippen molar-refractivity contribution >= 4 is 23.3 Å². The van der Waals surface area contributed by atoms with Crippen molar-refractivity contribution in [2.24, 2.45) is 16.5 Å². The Morgan fingerprint density at radius 3 is 2.58 bits per heavy atom. The van der Waals surface area contributed by atoms with Crippen LogP contribution in [0.2, 0.25) is 5.02 Å². The van der Waals surface area contributed by atoms with Crippen LogP contribution in [0.25, 0.3) is 11.3 Å². The number of aliphatic imine (C=N–C) groups is 1. The number of carbonyl (C=O) groups excluding carboxylic acids is 1. The summed E-state index contributed by atoms with van der Waals surface area (Å²) in [5.41, 5.74) is 15.8. The zero-order chi connectivity index (χ0) is 26.8. The second-order valence-electron chi connectivity index (χ2n) is 10.3. The van der Waals surface area contributed by atoms with Gasteiger partial charge >= 0.3 is 0 Å².